The third kappa shape index (κ3) is 5.12. The van der Waals surface area contributed by atoms with E-state index in [4.69, 9.17) is 4.74 Å². The number of methoxy groups -OCH3 is 1. The average Bonchev–Trinajstić information content (AvgIpc) is 2.37. The number of esters is 1. The number of hydrogen-bond donors (Lipinski definition) is 1. The van der Waals surface area contributed by atoms with Crippen LogP contribution in [0.25, 0.3) is 0 Å². The molecule has 0 radical (unpaired) electrons. The molecule has 1 aromatic carbocycles. The van der Waals surface area contributed by atoms with Crippen molar-refractivity contribution >= 4 is 17.0 Å². The third-order valence-electron chi connectivity index (χ3n) is 2.57. The number of benzene rings is 1. The second-order valence-electron chi connectivity index (χ2n) is 5.26. The quantitative estimate of drug-likeness (QED) is 0.839. The molecule has 0 amide bonds. The predicted molar refractivity (Wildman–Crippen MR) is 77.0 cm³/mol. The normalized spacial score (nSPS) is 14.7. The highest BCUT2D eigenvalue weighted by molar-refractivity contribution is 7.84. The lowest BCUT2D eigenvalue weighted by atomic mass is 10.1. The molecule has 1 unspecified atom stereocenters. The zero-order chi connectivity index (χ0) is 14.5. The lowest BCUT2D eigenvalue weighted by Crippen LogP contribution is -2.45. The van der Waals surface area contributed by atoms with E-state index in [1.54, 1.807) is 0 Å². The van der Waals surface area contributed by atoms with Gasteiger partial charge in [0.25, 0.3) is 0 Å². The van der Waals surface area contributed by atoms with Crippen LogP contribution in [0.5, 0.6) is 0 Å². The Labute approximate surface area is 117 Å². The summed E-state index contributed by atoms with van der Waals surface area (Å²) in [5, 5.41) is 0. The van der Waals surface area contributed by atoms with Crippen molar-refractivity contribution < 1.29 is 13.7 Å². The molecule has 5 heteroatoms. The van der Waals surface area contributed by atoms with E-state index in [2.05, 4.69) is 4.72 Å². The third-order valence-corrected chi connectivity index (χ3v) is 4.18. The van der Waals surface area contributed by atoms with E-state index in [0.717, 1.165) is 5.56 Å². The summed E-state index contributed by atoms with van der Waals surface area (Å²) in [4.78, 5) is 11.8. The Kier molecular flexibility index (Phi) is 5.69. The number of rotatable bonds is 5. The molecule has 4 nitrogen and oxygen atoms in total. The minimum atomic E-state index is -1.31. The molecular weight excluding hydrogens is 262 g/mol. The first-order chi connectivity index (χ1) is 8.84. The number of ether oxygens (including phenoxy) is 1. The fourth-order valence-corrected chi connectivity index (χ4v) is 2.26. The summed E-state index contributed by atoms with van der Waals surface area (Å²) in [5.41, 5.74) is 0.997. The molecule has 1 aromatic rings. The lowest BCUT2D eigenvalue weighted by Gasteiger charge is -2.22. The van der Waals surface area contributed by atoms with Crippen LogP contribution < -0.4 is 4.72 Å². The Hall–Kier alpha value is -1.20. The molecule has 19 heavy (non-hydrogen) atoms. The van der Waals surface area contributed by atoms with Gasteiger partial charge in [-0.25, -0.2) is 8.93 Å². The molecule has 0 spiro atoms. The van der Waals surface area contributed by atoms with Crippen LogP contribution in [0.4, 0.5) is 0 Å². The summed E-state index contributed by atoms with van der Waals surface area (Å²) in [5.74, 6) is -0.401. The standard InChI is InChI=1S/C14H21NO3S/c1-14(2,3)19(17)15-12(13(16)18-4)10-11-8-6-5-7-9-11/h5-9,12,15H,10H2,1-4H3/t12-,19?/m0/s1. The van der Waals surface area contributed by atoms with Crippen molar-refractivity contribution in [1.82, 2.24) is 4.72 Å². The van der Waals surface area contributed by atoms with Gasteiger partial charge in [0, 0.05) is 0 Å². The van der Waals surface area contributed by atoms with Crippen LogP contribution >= 0.6 is 0 Å². The molecule has 1 N–H and O–H groups in total. The van der Waals surface area contributed by atoms with Gasteiger partial charge in [-0.2, -0.15) is 0 Å². The van der Waals surface area contributed by atoms with E-state index < -0.39 is 27.7 Å². The summed E-state index contributed by atoms with van der Waals surface area (Å²) in [6.45, 7) is 5.56. The first-order valence-corrected chi connectivity index (χ1v) is 7.29. The highest BCUT2D eigenvalue weighted by Crippen LogP contribution is 2.12. The summed E-state index contributed by atoms with van der Waals surface area (Å²) in [7, 11) is 0.0213. The molecule has 0 heterocycles. The van der Waals surface area contributed by atoms with Crippen molar-refractivity contribution in [3.05, 3.63) is 35.9 Å². The zero-order valence-corrected chi connectivity index (χ0v) is 12.6. The zero-order valence-electron chi connectivity index (χ0n) is 11.8. The molecule has 0 aromatic heterocycles. The van der Waals surface area contributed by atoms with Crippen LogP contribution in [0.1, 0.15) is 26.3 Å². The fraction of sp³-hybridized carbons (Fsp3) is 0.500. The molecule has 0 aliphatic carbocycles. The van der Waals surface area contributed by atoms with Crippen LogP contribution in [0.15, 0.2) is 30.3 Å². The summed E-state index contributed by atoms with van der Waals surface area (Å²) in [6, 6.07) is 8.98. The minimum absolute atomic E-state index is 0.401. The van der Waals surface area contributed by atoms with Crippen LogP contribution in [0.2, 0.25) is 0 Å². The van der Waals surface area contributed by atoms with Gasteiger partial charge in [0.15, 0.2) is 0 Å². The van der Waals surface area contributed by atoms with E-state index in [0.29, 0.717) is 6.42 Å². The van der Waals surface area contributed by atoms with Crippen LogP contribution in [-0.4, -0.2) is 28.1 Å². The van der Waals surface area contributed by atoms with Gasteiger partial charge in [0.2, 0.25) is 0 Å². The van der Waals surface area contributed by atoms with Crippen LogP contribution in [0.3, 0.4) is 0 Å². The van der Waals surface area contributed by atoms with E-state index in [1.807, 2.05) is 51.1 Å². The molecule has 2 atom stereocenters. The van der Waals surface area contributed by atoms with Crippen molar-refractivity contribution in [2.24, 2.45) is 0 Å². The van der Waals surface area contributed by atoms with E-state index in [-0.39, 0.29) is 0 Å². The molecule has 0 saturated heterocycles. The van der Waals surface area contributed by atoms with E-state index in [9.17, 15) is 9.00 Å². The minimum Gasteiger partial charge on any atom is -0.468 e. The van der Waals surface area contributed by atoms with Gasteiger partial charge < -0.3 is 4.74 Å². The number of carbonyl (C=O) groups is 1. The van der Waals surface area contributed by atoms with Gasteiger partial charge >= 0.3 is 5.97 Å². The first kappa shape index (κ1) is 15.9. The van der Waals surface area contributed by atoms with Gasteiger partial charge in [0.05, 0.1) is 22.8 Å². The van der Waals surface area contributed by atoms with Gasteiger partial charge in [-0.05, 0) is 32.8 Å². The van der Waals surface area contributed by atoms with Crippen molar-refractivity contribution in [3.63, 3.8) is 0 Å². The van der Waals surface area contributed by atoms with Crippen LogP contribution in [-0.2, 0) is 26.9 Å². The highest BCUT2D eigenvalue weighted by atomic mass is 32.2. The van der Waals surface area contributed by atoms with Crippen molar-refractivity contribution in [2.45, 2.75) is 38.0 Å². The van der Waals surface area contributed by atoms with Crippen LogP contribution in [0, 0.1) is 0 Å². The Morgan fingerprint density at radius 3 is 2.37 bits per heavy atom. The molecule has 0 saturated carbocycles. The predicted octanol–water partition coefficient (Wildman–Crippen LogP) is 1.82. The molecule has 0 fully saturated rings. The fourth-order valence-electron chi connectivity index (χ4n) is 1.47. The number of nitrogens with one attached hydrogen (secondary N) is 1. The molecule has 0 aliphatic heterocycles. The smallest absolute Gasteiger partial charge is 0.324 e. The largest absolute Gasteiger partial charge is 0.468 e. The van der Waals surface area contributed by atoms with Gasteiger partial charge in [-0.3, -0.25) is 4.79 Å². The van der Waals surface area contributed by atoms with E-state index in [1.165, 1.54) is 7.11 Å². The lowest BCUT2D eigenvalue weighted by molar-refractivity contribution is -0.142. The summed E-state index contributed by atoms with van der Waals surface area (Å²) in [6.07, 6.45) is 0.454. The van der Waals surface area contributed by atoms with Crippen molar-refractivity contribution in [3.8, 4) is 0 Å². The maximum atomic E-state index is 12.1. The monoisotopic (exact) mass is 283 g/mol. The molecule has 0 aliphatic rings. The Bertz CT molecular complexity index is 440. The topological polar surface area (TPSA) is 55.4 Å². The Morgan fingerprint density at radius 2 is 1.89 bits per heavy atom. The van der Waals surface area contributed by atoms with Gasteiger partial charge in [-0.15, -0.1) is 0 Å². The van der Waals surface area contributed by atoms with E-state index >= 15 is 0 Å². The number of carbonyl (C=O) groups excluding carboxylic acids is 1. The average molecular weight is 283 g/mol. The molecule has 0 bridgehead atoms. The molecule has 106 valence electrons. The SMILES string of the molecule is COC(=O)[C@H](Cc1ccccc1)NS(=O)C(C)(C)C. The maximum Gasteiger partial charge on any atom is 0.324 e. The number of hydrogen-bond acceptors (Lipinski definition) is 3. The first-order valence-electron chi connectivity index (χ1n) is 6.14. The summed E-state index contributed by atoms with van der Waals surface area (Å²) >= 11 is 0. The second-order valence-corrected chi connectivity index (χ2v) is 7.26. The highest BCUT2D eigenvalue weighted by Gasteiger charge is 2.27. The van der Waals surface area contributed by atoms with Gasteiger partial charge in [-0.1, -0.05) is 30.3 Å². The molecular formula is C14H21NO3S. The maximum absolute atomic E-state index is 12.1. The Balaban J connectivity index is 2.79. The Morgan fingerprint density at radius 1 is 1.32 bits per heavy atom. The summed E-state index contributed by atoms with van der Waals surface area (Å²) < 4.78 is 19.3. The van der Waals surface area contributed by atoms with Crippen molar-refractivity contribution in [2.75, 3.05) is 7.11 Å². The van der Waals surface area contributed by atoms with Gasteiger partial charge in [0.1, 0.15) is 6.04 Å². The second kappa shape index (κ2) is 6.82. The van der Waals surface area contributed by atoms with Crippen molar-refractivity contribution in [1.29, 1.82) is 0 Å². The molecule has 1 rings (SSSR count).